The number of benzene rings is 1. The quantitative estimate of drug-likeness (QED) is 0.326. The topological polar surface area (TPSA) is 148 Å². The van der Waals surface area contributed by atoms with E-state index in [2.05, 4.69) is 16.0 Å². The zero-order valence-electron chi connectivity index (χ0n) is 22.4. The molecule has 0 spiro atoms. The van der Waals surface area contributed by atoms with Crippen LogP contribution in [-0.4, -0.2) is 32.6 Å². The van der Waals surface area contributed by atoms with Crippen LogP contribution in [-0.2, 0) is 23.3 Å². The highest BCUT2D eigenvalue weighted by molar-refractivity contribution is 7.91. The van der Waals surface area contributed by atoms with Gasteiger partial charge in [-0.05, 0) is 54.8 Å². The Hall–Kier alpha value is -4.56. The Morgan fingerprint density at radius 3 is 2.52 bits per heavy atom. The molecule has 4 aromatic rings. The molecule has 0 bridgehead atoms. The van der Waals surface area contributed by atoms with Crippen molar-refractivity contribution in [1.82, 2.24) is 19.1 Å². The lowest BCUT2D eigenvalue weighted by Gasteiger charge is -2.25. The molecule has 3 heterocycles. The Morgan fingerprint density at radius 2 is 1.88 bits per heavy atom. The third-order valence-electron chi connectivity index (χ3n) is 6.70. The Balaban J connectivity index is 1.88. The zero-order valence-corrected chi connectivity index (χ0v) is 23.2. The zero-order chi connectivity index (χ0) is 29.0. The Labute approximate surface area is 231 Å². The number of pyridine rings is 2. The molecule has 0 radical (unpaired) electrons. The number of nitriles is 1. The second-order valence-corrected chi connectivity index (χ2v) is 11.2. The van der Waals surface area contributed by atoms with Crippen molar-refractivity contribution in [2.75, 3.05) is 0 Å². The van der Waals surface area contributed by atoms with E-state index in [0.29, 0.717) is 41.5 Å². The molecule has 0 aliphatic carbocycles. The van der Waals surface area contributed by atoms with Gasteiger partial charge >= 0.3 is 0 Å². The summed E-state index contributed by atoms with van der Waals surface area (Å²) in [5, 5.41) is 20.4. The number of sulfone groups is 1. The maximum absolute atomic E-state index is 13.7. The minimum absolute atomic E-state index is 0.251. The Bertz CT molecular complexity index is 1820. The third-order valence-corrected chi connectivity index (χ3v) is 8.39. The maximum atomic E-state index is 13.7. The third kappa shape index (κ3) is 5.31. The molecule has 11 heteroatoms. The van der Waals surface area contributed by atoms with E-state index in [0.717, 1.165) is 6.42 Å². The van der Waals surface area contributed by atoms with Gasteiger partial charge in [-0.2, -0.15) is 10.2 Å². The minimum atomic E-state index is -4.61. The summed E-state index contributed by atoms with van der Waals surface area (Å²) in [5.74, 6) is -0.483. The first-order valence-electron chi connectivity index (χ1n) is 12.9. The molecule has 0 fully saturated rings. The summed E-state index contributed by atoms with van der Waals surface area (Å²) >= 11 is 0. The molecule has 206 valence electrons. The highest BCUT2D eigenvalue weighted by atomic mass is 32.2. The van der Waals surface area contributed by atoms with Crippen LogP contribution < -0.4 is 11.1 Å². The molecular formula is C29H29N5O5S. The molecule has 0 aliphatic heterocycles. The molecule has 0 saturated heterocycles. The number of hydrogen-bond acceptors (Lipinski definition) is 8. The van der Waals surface area contributed by atoms with Crippen molar-refractivity contribution < 1.29 is 13.5 Å². The monoisotopic (exact) mass is 559 g/mol. The Morgan fingerprint density at radius 1 is 1.10 bits per heavy atom. The fourth-order valence-corrected chi connectivity index (χ4v) is 5.89. The van der Waals surface area contributed by atoms with Crippen LogP contribution >= 0.6 is 0 Å². The summed E-state index contributed by atoms with van der Waals surface area (Å²) in [6.07, 6.45) is 5.05. The number of nitrogens with zero attached hydrogens (tertiary/aromatic N) is 5. The van der Waals surface area contributed by atoms with Crippen LogP contribution in [0, 0.1) is 11.3 Å². The van der Waals surface area contributed by atoms with Gasteiger partial charge in [-0.25, -0.2) is 13.4 Å². The number of unbranched alkanes of at least 4 members (excludes halogenated alkanes) is 1. The van der Waals surface area contributed by atoms with E-state index in [4.69, 9.17) is 0 Å². The summed E-state index contributed by atoms with van der Waals surface area (Å²) in [6, 6.07) is 14.2. The average Bonchev–Trinajstić information content (AvgIpc) is 2.95. The van der Waals surface area contributed by atoms with Crippen LogP contribution in [0.15, 0.2) is 80.4 Å². The molecule has 1 N–H and O–H groups in total. The van der Waals surface area contributed by atoms with Gasteiger partial charge in [0.1, 0.15) is 5.82 Å². The van der Waals surface area contributed by atoms with Crippen LogP contribution in [0.5, 0.6) is 5.88 Å². The van der Waals surface area contributed by atoms with Crippen molar-refractivity contribution in [1.29, 1.82) is 5.26 Å². The van der Waals surface area contributed by atoms with Gasteiger partial charge in [0.25, 0.3) is 11.1 Å². The van der Waals surface area contributed by atoms with Gasteiger partial charge in [0.2, 0.25) is 20.6 Å². The van der Waals surface area contributed by atoms with Crippen molar-refractivity contribution in [2.45, 2.75) is 55.5 Å². The van der Waals surface area contributed by atoms with Gasteiger partial charge < -0.3 is 9.67 Å². The van der Waals surface area contributed by atoms with Crippen LogP contribution in [0.3, 0.4) is 0 Å². The molecule has 1 atom stereocenters. The summed E-state index contributed by atoms with van der Waals surface area (Å²) in [7, 11) is -3.01. The molecule has 10 nitrogen and oxygen atoms in total. The van der Waals surface area contributed by atoms with Crippen LogP contribution in [0.25, 0.3) is 11.1 Å². The van der Waals surface area contributed by atoms with E-state index in [9.17, 15) is 28.4 Å². The van der Waals surface area contributed by atoms with Crippen molar-refractivity contribution >= 4 is 9.84 Å². The highest BCUT2D eigenvalue weighted by Crippen LogP contribution is 2.33. The van der Waals surface area contributed by atoms with Crippen molar-refractivity contribution in [3.05, 3.63) is 98.6 Å². The number of aromatic hydroxyl groups is 1. The van der Waals surface area contributed by atoms with Crippen molar-refractivity contribution in [2.24, 2.45) is 7.05 Å². The SMILES string of the molecule is CCCCc1nc(=O)c(S(=O)(=O)c2ccc(-c3cccn(C)c3=O)cn2)c(O)n1C(CC)c1cccc(C#N)c1. The molecule has 1 aromatic carbocycles. The van der Waals surface area contributed by atoms with Gasteiger partial charge in [0.15, 0.2) is 5.03 Å². The molecule has 1 unspecified atom stereocenters. The van der Waals surface area contributed by atoms with Crippen LogP contribution in [0.2, 0.25) is 0 Å². The van der Waals surface area contributed by atoms with Crippen LogP contribution in [0.4, 0.5) is 0 Å². The standard InChI is InChI=1S/C29H29N5O5S/c1-4-6-12-24-32-27(35)26(29(37)34(24)23(5-2)20-10-7-9-19(16-20)17-30)40(38,39)25-14-13-21(18-31-25)22-11-8-15-33(3)28(22)36/h7-11,13-16,18,23,37H,4-6,12H2,1-3H3. The van der Waals surface area contributed by atoms with E-state index in [-0.39, 0.29) is 11.4 Å². The molecule has 0 saturated carbocycles. The Kier molecular flexibility index (Phi) is 8.30. The fraction of sp³-hybridized carbons (Fsp3) is 0.276. The summed E-state index contributed by atoms with van der Waals surface area (Å²) in [6.45, 7) is 3.82. The van der Waals surface area contributed by atoms with Gasteiger partial charge in [0.05, 0.1) is 17.7 Å². The summed E-state index contributed by atoms with van der Waals surface area (Å²) in [5.41, 5.74) is 0.444. The predicted molar refractivity (Wildman–Crippen MR) is 149 cm³/mol. The second-order valence-electron chi connectivity index (χ2n) is 9.35. The molecule has 0 amide bonds. The largest absolute Gasteiger partial charge is 0.493 e. The highest BCUT2D eigenvalue weighted by Gasteiger charge is 2.32. The van der Waals surface area contributed by atoms with E-state index in [1.165, 1.54) is 27.5 Å². The molecule has 3 aromatic heterocycles. The number of aromatic nitrogens is 4. The molecule has 4 rings (SSSR count). The molecule has 0 aliphatic rings. The van der Waals surface area contributed by atoms with Crippen molar-refractivity contribution in [3.8, 4) is 23.1 Å². The van der Waals surface area contributed by atoms with E-state index < -0.39 is 37.2 Å². The molecular weight excluding hydrogens is 530 g/mol. The van der Waals surface area contributed by atoms with Gasteiger partial charge in [-0.3, -0.25) is 14.2 Å². The minimum Gasteiger partial charge on any atom is -0.493 e. The predicted octanol–water partition coefficient (Wildman–Crippen LogP) is 3.76. The first-order chi connectivity index (χ1) is 19.1. The lowest BCUT2D eigenvalue weighted by molar-refractivity contribution is 0.358. The summed E-state index contributed by atoms with van der Waals surface area (Å²) < 4.78 is 30.1. The van der Waals surface area contributed by atoms with Gasteiger partial charge in [0, 0.05) is 37.0 Å². The second kappa shape index (κ2) is 11.7. The maximum Gasteiger partial charge on any atom is 0.296 e. The lowest BCUT2D eigenvalue weighted by Crippen LogP contribution is -2.28. The molecule has 40 heavy (non-hydrogen) atoms. The van der Waals surface area contributed by atoms with Gasteiger partial charge in [-0.1, -0.05) is 32.4 Å². The van der Waals surface area contributed by atoms with Gasteiger partial charge in [-0.15, -0.1) is 0 Å². The first-order valence-corrected chi connectivity index (χ1v) is 14.3. The number of hydrogen-bond donors (Lipinski definition) is 1. The number of aryl methyl sites for hydroxylation is 2. The van der Waals surface area contributed by atoms with E-state index in [1.54, 1.807) is 49.6 Å². The smallest absolute Gasteiger partial charge is 0.296 e. The average molecular weight is 560 g/mol. The normalized spacial score (nSPS) is 12.2. The number of rotatable bonds is 9. The van der Waals surface area contributed by atoms with Crippen LogP contribution in [0.1, 0.15) is 56.1 Å². The van der Waals surface area contributed by atoms with Crippen molar-refractivity contribution in [3.63, 3.8) is 0 Å². The lowest BCUT2D eigenvalue weighted by atomic mass is 10.0. The summed E-state index contributed by atoms with van der Waals surface area (Å²) in [4.78, 5) is 32.9. The van der Waals surface area contributed by atoms with E-state index >= 15 is 0 Å². The first kappa shape index (κ1) is 28.4. The fourth-order valence-electron chi connectivity index (χ4n) is 4.63. The van der Waals surface area contributed by atoms with E-state index in [1.807, 2.05) is 13.8 Å².